The van der Waals surface area contributed by atoms with Crippen molar-refractivity contribution in [3.63, 3.8) is 0 Å². The zero-order valence-electron chi connectivity index (χ0n) is 12.4. The van der Waals surface area contributed by atoms with Gasteiger partial charge >= 0.3 is 0 Å². The molecule has 1 aliphatic heterocycles. The van der Waals surface area contributed by atoms with Gasteiger partial charge < -0.3 is 15.4 Å². The molecule has 0 aromatic heterocycles. The summed E-state index contributed by atoms with van der Waals surface area (Å²) in [5.41, 5.74) is -0.622. The predicted molar refractivity (Wildman–Crippen MR) is 75.1 cm³/mol. The third-order valence-corrected chi connectivity index (χ3v) is 4.59. The molecule has 0 aromatic rings. The van der Waals surface area contributed by atoms with Crippen LogP contribution in [0.2, 0.25) is 0 Å². The van der Waals surface area contributed by atoms with Gasteiger partial charge in [0.2, 0.25) is 0 Å². The zero-order chi connectivity index (χ0) is 13.9. The van der Waals surface area contributed by atoms with Crippen LogP contribution < -0.4 is 10.6 Å². The Hall–Kier alpha value is -0.650. The summed E-state index contributed by atoms with van der Waals surface area (Å²) in [7, 11) is 3.79. The summed E-state index contributed by atoms with van der Waals surface area (Å²) >= 11 is 0. The molecular formula is C14H27N3O2. The van der Waals surface area contributed by atoms with Crippen LogP contribution in [0.3, 0.4) is 0 Å². The summed E-state index contributed by atoms with van der Waals surface area (Å²) in [4.78, 5) is 14.7. The fraction of sp³-hybridized carbons (Fsp3) is 0.929. The minimum absolute atomic E-state index is 0.0487. The third kappa shape index (κ3) is 3.46. The lowest BCUT2D eigenvalue weighted by molar-refractivity contribution is -0.146. The van der Waals surface area contributed by atoms with Gasteiger partial charge in [0.15, 0.2) is 0 Å². The standard InChI is InChI=1S/C14H27N3O2/c1-11(17(2)12-4-5-12)10-16-13(18)14(19-3)6-8-15-9-7-14/h11-12,15H,4-10H2,1-3H3,(H,16,18). The Kier molecular flexibility index (Phi) is 4.81. The van der Waals surface area contributed by atoms with Crippen molar-refractivity contribution in [2.24, 2.45) is 0 Å². The molecule has 0 aromatic carbocycles. The van der Waals surface area contributed by atoms with Gasteiger partial charge in [-0.3, -0.25) is 9.69 Å². The molecule has 2 rings (SSSR count). The first kappa shape index (κ1) is 14.8. The Balaban J connectivity index is 1.81. The highest BCUT2D eigenvalue weighted by Gasteiger charge is 2.39. The summed E-state index contributed by atoms with van der Waals surface area (Å²) in [6.45, 7) is 4.56. The van der Waals surface area contributed by atoms with Gasteiger partial charge in [-0.05, 0) is 52.7 Å². The molecule has 1 saturated carbocycles. The van der Waals surface area contributed by atoms with Gasteiger partial charge in [0.05, 0.1) is 0 Å². The minimum Gasteiger partial charge on any atom is -0.368 e. The highest BCUT2D eigenvalue weighted by molar-refractivity contribution is 5.85. The molecule has 19 heavy (non-hydrogen) atoms. The monoisotopic (exact) mass is 269 g/mol. The van der Waals surface area contributed by atoms with Crippen LogP contribution in [-0.4, -0.2) is 62.3 Å². The Bertz CT molecular complexity index is 312. The maximum Gasteiger partial charge on any atom is 0.252 e. The van der Waals surface area contributed by atoms with Gasteiger partial charge in [-0.1, -0.05) is 0 Å². The largest absolute Gasteiger partial charge is 0.368 e. The number of carbonyl (C=O) groups excluding carboxylic acids is 1. The Morgan fingerprint density at radius 2 is 2.11 bits per heavy atom. The molecule has 0 radical (unpaired) electrons. The molecule has 1 unspecified atom stereocenters. The van der Waals surface area contributed by atoms with Crippen LogP contribution >= 0.6 is 0 Å². The normalized spacial score (nSPS) is 24.2. The minimum atomic E-state index is -0.622. The van der Waals surface area contributed by atoms with Crippen LogP contribution in [0.25, 0.3) is 0 Å². The van der Waals surface area contributed by atoms with Gasteiger partial charge in [-0.25, -0.2) is 0 Å². The number of methoxy groups -OCH3 is 1. The van der Waals surface area contributed by atoms with Crippen molar-refractivity contribution in [2.75, 3.05) is 33.8 Å². The van der Waals surface area contributed by atoms with E-state index >= 15 is 0 Å². The first-order valence-electron chi connectivity index (χ1n) is 7.35. The summed E-state index contributed by atoms with van der Waals surface area (Å²) in [6.07, 6.45) is 4.09. The van der Waals surface area contributed by atoms with E-state index < -0.39 is 5.60 Å². The number of amides is 1. The zero-order valence-corrected chi connectivity index (χ0v) is 12.4. The van der Waals surface area contributed by atoms with Crippen molar-refractivity contribution >= 4 is 5.91 Å². The van der Waals surface area contributed by atoms with Crippen LogP contribution in [0.5, 0.6) is 0 Å². The van der Waals surface area contributed by atoms with E-state index in [4.69, 9.17) is 4.74 Å². The molecule has 5 nitrogen and oxygen atoms in total. The van der Waals surface area contributed by atoms with Crippen molar-refractivity contribution in [2.45, 2.75) is 50.3 Å². The van der Waals surface area contributed by atoms with Crippen LogP contribution in [0, 0.1) is 0 Å². The first-order valence-corrected chi connectivity index (χ1v) is 7.35. The molecule has 1 aliphatic carbocycles. The number of piperidine rings is 1. The van der Waals surface area contributed by atoms with Gasteiger partial charge in [-0.2, -0.15) is 0 Å². The van der Waals surface area contributed by atoms with Crippen molar-refractivity contribution in [1.29, 1.82) is 0 Å². The second-order valence-electron chi connectivity index (χ2n) is 5.90. The van der Waals surface area contributed by atoms with Gasteiger partial charge in [0, 0.05) is 25.7 Å². The quantitative estimate of drug-likeness (QED) is 0.731. The fourth-order valence-electron chi connectivity index (χ4n) is 2.74. The SMILES string of the molecule is COC1(C(=O)NCC(C)N(C)C2CC2)CCNCC1. The Morgan fingerprint density at radius 3 is 2.63 bits per heavy atom. The number of hydrogen-bond acceptors (Lipinski definition) is 4. The molecule has 1 heterocycles. The first-order chi connectivity index (χ1) is 9.09. The van der Waals surface area contributed by atoms with E-state index in [1.54, 1.807) is 7.11 Å². The molecule has 1 amide bonds. The average Bonchev–Trinajstić information content (AvgIpc) is 3.28. The lowest BCUT2D eigenvalue weighted by atomic mass is 9.91. The molecule has 110 valence electrons. The second kappa shape index (κ2) is 6.20. The molecule has 0 spiro atoms. The van der Waals surface area contributed by atoms with E-state index in [2.05, 4.69) is 29.5 Å². The molecule has 2 aliphatic rings. The summed E-state index contributed by atoms with van der Waals surface area (Å²) in [5, 5.41) is 6.34. The summed E-state index contributed by atoms with van der Waals surface area (Å²) < 4.78 is 5.53. The predicted octanol–water partition coefficient (Wildman–Crippen LogP) is 0.354. The highest BCUT2D eigenvalue weighted by Crippen LogP contribution is 2.27. The lowest BCUT2D eigenvalue weighted by Crippen LogP contribution is -2.55. The van der Waals surface area contributed by atoms with E-state index in [0.29, 0.717) is 12.6 Å². The topological polar surface area (TPSA) is 53.6 Å². The van der Waals surface area contributed by atoms with Crippen molar-refractivity contribution in [3.05, 3.63) is 0 Å². The molecule has 2 N–H and O–H groups in total. The number of nitrogens with zero attached hydrogens (tertiary/aromatic N) is 1. The van der Waals surface area contributed by atoms with E-state index in [9.17, 15) is 4.79 Å². The van der Waals surface area contributed by atoms with E-state index in [1.165, 1.54) is 12.8 Å². The Morgan fingerprint density at radius 1 is 1.47 bits per heavy atom. The van der Waals surface area contributed by atoms with E-state index in [0.717, 1.165) is 32.0 Å². The van der Waals surface area contributed by atoms with Crippen LogP contribution in [0.4, 0.5) is 0 Å². The number of hydrogen-bond donors (Lipinski definition) is 2. The van der Waals surface area contributed by atoms with E-state index in [1.807, 2.05) is 0 Å². The number of ether oxygens (including phenoxy) is 1. The molecule has 0 bridgehead atoms. The smallest absolute Gasteiger partial charge is 0.252 e. The molecule has 5 heteroatoms. The van der Waals surface area contributed by atoms with E-state index in [-0.39, 0.29) is 5.91 Å². The number of likely N-dealkylation sites (N-methyl/N-ethyl adjacent to an activating group) is 1. The maximum atomic E-state index is 12.4. The second-order valence-corrected chi connectivity index (χ2v) is 5.90. The van der Waals surface area contributed by atoms with Crippen molar-refractivity contribution in [1.82, 2.24) is 15.5 Å². The van der Waals surface area contributed by atoms with Crippen LogP contribution in [-0.2, 0) is 9.53 Å². The molecule has 1 atom stereocenters. The number of carbonyl (C=O) groups is 1. The summed E-state index contributed by atoms with van der Waals surface area (Å²) in [5.74, 6) is 0.0487. The number of rotatable bonds is 6. The molecular weight excluding hydrogens is 242 g/mol. The third-order valence-electron chi connectivity index (χ3n) is 4.59. The van der Waals surface area contributed by atoms with Gasteiger partial charge in [0.25, 0.3) is 5.91 Å². The van der Waals surface area contributed by atoms with Crippen molar-refractivity contribution in [3.8, 4) is 0 Å². The van der Waals surface area contributed by atoms with Crippen LogP contribution in [0.1, 0.15) is 32.6 Å². The van der Waals surface area contributed by atoms with Gasteiger partial charge in [-0.15, -0.1) is 0 Å². The highest BCUT2D eigenvalue weighted by atomic mass is 16.5. The molecule has 2 fully saturated rings. The average molecular weight is 269 g/mol. The Labute approximate surface area is 116 Å². The maximum absolute atomic E-state index is 12.4. The fourth-order valence-corrected chi connectivity index (χ4v) is 2.74. The summed E-state index contributed by atoms with van der Waals surface area (Å²) in [6, 6.07) is 1.11. The molecule has 1 saturated heterocycles. The van der Waals surface area contributed by atoms with Crippen molar-refractivity contribution < 1.29 is 9.53 Å². The lowest BCUT2D eigenvalue weighted by Gasteiger charge is -2.35. The van der Waals surface area contributed by atoms with Crippen LogP contribution in [0.15, 0.2) is 0 Å². The number of nitrogens with one attached hydrogen (secondary N) is 2. The van der Waals surface area contributed by atoms with Gasteiger partial charge in [0.1, 0.15) is 5.60 Å².